The molecule has 0 radical (unpaired) electrons. The molecule has 0 unspecified atom stereocenters. The number of aromatic nitrogens is 1. The lowest BCUT2D eigenvalue weighted by Gasteiger charge is -2.37. The fraction of sp³-hybridized carbons (Fsp3) is 0.452. The molecular formula is C31H36N2O5. The lowest BCUT2D eigenvalue weighted by atomic mass is 10.0. The van der Waals surface area contributed by atoms with Gasteiger partial charge in [0.2, 0.25) is 0 Å². The molecule has 200 valence electrons. The number of carbonyl (C=O) groups excluding carboxylic acids is 1. The van der Waals surface area contributed by atoms with Crippen LogP contribution in [-0.2, 0) is 22.3 Å². The van der Waals surface area contributed by atoms with Crippen molar-refractivity contribution in [3.8, 4) is 28.4 Å². The van der Waals surface area contributed by atoms with E-state index in [2.05, 4.69) is 22.8 Å². The van der Waals surface area contributed by atoms with Crippen LogP contribution in [0.5, 0.6) is 11.5 Å². The summed E-state index contributed by atoms with van der Waals surface area (Å²) in [5.41, 5.74) is 6.58. The second-order valence-electron chi connectivity index (χ2n) is 10.4. The highest BCUT2D eigenvalue weighted by atomic mass is 16.7. The van der Waals surface area contributed by atoms with Gasteiger partial charge >= 0.3 is 0 Å². The molecule has 2 aliphatic heterocycles. The number of hydrogen-bond acceptors (Lipinski definition) is 5. The number of ether oxygens (including phenoxy) is 4. The number of hydrogen-bond donors (Lipinski definition) is 0. The predicted molar refractivity (Wildman–Crippen MR) is 145 cm³/mol. The molecule has 2 saturated heterocycles. The van der Waals surface area contributed by atoms with Crippen LogP contribution in [-0.4, -0.2) is 61.7 Å². The Morgan fingerprint density at radius 3 is 2.32 bits per heavy atom. The van der Waals surface area contributed by atoms with E-state index in [9.17, 15) is 4.79 Å². The van der Waals surface area contributed by atoms with Gasteiger partial charge in [-0.25, -0.2) is 0 Å². The van der Waals surface area contributed by atoms with Crippen LogP contribution < -0.4 is 9.47 Å². The van der Waals surface area contributed by atoms with Gasteiger partial charge in [0.15, 0.2) is 5.79 Å². The summed E-state index contributed by atoms with van der Waals surface area (Å²) in [4.78, 5) is 15.2. The molecule has 7 nitrogen and oxygen atoms in total. The summed E-state index contributed by atoms with van der Waals surface area (Å²) in [5.74, 6) is 1.18. The largest absolute Gasteiger partial charge is 0.497 e. The second-order valence-corrected chi connectivity index (χ2v) is 10.4. The quantitative estimate of drug-likeness (QED) is 0.425. The summed E-state index contributed by atoms with van der Waals surface area (Å²) in [6, 6.07) is 16.3. The van der Waals surface area contributed by atoms with Gasteiger partial charge in [-0.05, 0) is 79.8 Å². The maximum Gasteiger partial charge on any atom is 0.253 e. The van der Waals surface area contributed by atoms with Gasteiger partial charge in [-0.15, -0.1) is 0 Å². The van der Waals surface area contributed by atoms with Gasteiger partial charge in [0.25, 0.3) is 5.91 Å². The fourth-order valence-corrected chi connectivity index (χ4v) is 6.15. The standard InChI is InChI=1S/C31H36N2O5/c1-35-25-12-13-29(36-2)26(21-25)28-20-23-6-4-3-5-7-27(23)33(28)24-10-8-22(9-11-24)30(34)32-16-14-31(15-17-32)37-18-19-38-31/h8-13,20-21H,3-7,14-19H2,1-2H3. The van der Waals surface area contributed by atoms with Crippen LogP contribution >= 0.6 is 0 Å². The molecule has 2 fully saturated rings. The number of nitrogens with zero attached hydrogens (tertiary/aromatic N) is 2. The molecule has 3 aromatic rings. The van der Waals surface area contributed by atoms with Crippen LogP contribution in [0.1, 0.15) is 53.7 Å². The van der Waals surface area contributed by atoms with Gasteiger partial charge in [-0.2, -0.15) is 0 Å². The zero-order chi connectivity index (χ0) is 26.1. The molecule has 2 aromatic carbocycles. The predicted octanol–water partition coefficient (Wildman–Crippen LogP) is 5.41. The van der Waals surface area contributed by atoms with Crippen LogP contribution in [0.4, 0.5) is 0 Å². The summed E-state index contributed by atoms with van der Waals surface area (Å²) in [6.45, 7) is 2.57. The topological polar surface area (TPSA) is 62.2 Å². The SMILES string of the molecule is COc1ccc(OC)c(-c2cc3c(n2-c2ccc(C(=O)N4CCC5(CC4)OCCO5)cc2)CCCCC3)c1. The van der Waals surface area contributed by atoms with Crippen LogP contribution in [0, 0.1) is 0 Å². The number of amides is 1. The Bertz CT molecular complexity index is 1300. The van der Waals surface area contributed by atoms with Crippen molar-refractivity contribution in [3.63, 3.8) is 0 Å². The molecule has 1 spiro atoms. The van der Waals surface area contributed by atoms with E-state index in [-0.39, 0.29) is 5.91 Å². The number of methoxy groups -OCH3 is 2. The molecule has 6 rings (SSSR count). The van der Waals surface area contributed by atoms with E-state index in [1.165, 1.54) is 30.5 Å². The van der Waals surface area contributed by atoms with Gasteiger partial charge in [-0.1, -0.05) is 6.42 Å². The number of piperidine rings is 1. The molecule has 7 heteroatoms. The molecule has 1 aliphatic carbocycles. The van der Waals surface area contributed by atoms with Crippen molar-refractivity contribution < 1.29 is 23.7 Å². The third-order valence-electron chi connectivity index (χ3n) is 8.23. The molecule has 0 N–H and O–H groups in total. The lowest BCUT2D eigenvalue weighted by Crippen LogP contribution is -2.47. The van der Waals surface area contributed by atoms with E-state index in [1.807, 2.05) is 35.2 Å². The number of rotatable bonds is 5. The Labute approximate surface area is 224 Å². The summed E-state index contributed by atoms with van der Waals surface area (Å²) in [5, 5.41) is 0. The average molecular weight is 517 g/mol. The number of fused-ring (bicyclic) bond motifs is 1. The first-order valence-electron chi connectivity index (χ1n) is 13.7. The molecular weight excluding hydrogens is 480 g/mol. The van der Waals surface area contributed by atoms with Gasteiger partial charge in [0, 0.05) is 48.4 Å². The van der Waals surface area contributed by atoms with Crippen LogP contribution in [0.25, 0.3) is 16.9 Å². The molecule has 1 amide bonds. The maximum atomic E-state index is 13.3. The van der Waals surface area contributed by atoms with Gasteiger partial charge < -0.3 is 28.4 Å². The lowest BCUT2D eigenvalue weighted by molar-refractivity contribution is -0.181. The van der Waals surface area contributed by atoms with Gasteiger partial charge in [0.05, 0.1) is 33.1 Å². The summed E-state index contributed by atoms with van der Waals surface area (Å²) in [6.07, 6.45) is 7.16. The molecule has 0 saturated carbocycles. The number of likely N-dealkylation sites (tertiary alicyclic amines) is 1. The molecule has 38 heavy (non-hydrogen) atoms. The van der Waals surface area contributed by atoms with Crippen LogP contribution in [0.2, 0.25) is 0 Å². The zero-order valence-electron chi connectivity index (χ0n) is 22.3. The Morgan fingerprint density at radius 1 is 0.868 bits per heavy atom. The Balaban J connectivity index is 1.33. The van der Waals surface area contributed by atoms with Gasteiger partial charge in [0.1, 0.15) is 11.5 Å². The van der Waals surface area contributed by atoms with E-state index in [4.69, 9.17) is 18.9 Å². The number of carbonyl (C=O) groups is 1. The summed E-state index contributed by atoms with van der Waals surface area (Å²) < 4.78 is 25.3. The van der Waals surface area contributed by atoms with E-state index in [1.54, 1.807) is 14.2 Å². The third-order valence-corrected chi connectivity index (χ3v) is 8.23. The Kier molecular flexibility index (Phi) is 6.89. The molecule has 3 aliphatic rings. The highest BCUT2D eigenvalue weighted by Crippen LogP contribution is 2.39. The van der Waals surface area contributed by atoms with Crippen LogP contribution in [0.15, 0.2) is 48.5 Å². The Hall–Kier alpha value is -3.29. The minimum atomic E-state index is -0.482. The molecule has 3 heterocycles. The van der Waals surface area contributed by atoms with Crippen molar-refractivity contribution in [2.24, 2.45) is 0 Å². The highest BCUT2D eigenvalue weighted by molar-refractivity contribution is 5.94. The molecule has 0 bridgehead atoms. The van der Waals surface area contributed by atoms with Crippen molar-refractivity contribution in [3.05, 3.63) is 65.4 Å². The first-order valence-corrected chi connectivity index (χ1v) is 13.7. The van der Waals surface area contributed by atoms with Crippen molar-refractivity contribution in [1.29, 1.82) is 0 Å². The van der Waals surface area contributed by atoms with Crippen LogP contribution in [0.3, 0.4) is 0 Å². The molecule has 0 atom stereocenters. The normalized spacial score (nSPS) is 18.7. The Morgan fingerprint density at radius 2 is 1.61 bits per heavy atom. The number of aryl methyl sites for hydroxylation is 1. The fourth-order valence-electron chi connectivity index (χ4n) is 6.15. The minimum absolute atomic E-state index is 0.0606. The zero-order valence-corrected chi connectivity index (χ0v) is 22.3. The second kappa shape index (κ2) is 10.5. The number of benzene rings is 2. The van der Waals surface area contributed by atoms with Gasteiger partial charge in [-0.3, -0.25) is 4.79 Å². The summed E-state index contributed by atoms with van der Waals surface area (Å²) in [7, 11) is 3.39. The highest BCUT2D eigenvalue weighted by Gasteiger charge is 2.40. The summed E-state index contributed by atoms with van der Waals surface area (Å²) >= 11 is 0. The van der Waals surface area contributed by atoms with E-state index in [0.717, 1.165) is 54.1 Å². The average Bonchev–Trinajstić information content (AvgIpc) is 3.49. The van der Waals surface area contributed by atoms with Crippen molar-refractivity contribution in [1.82, 2.24) is 9.47 Å². The molecule has 1 aromatic heterocycles. The van der Waals surface area contributed by atoms with E-state index >= 15 is 0 Å². The third kappa shape index (κ3) is 4.58. The smallest absolute Gasteiger partial charge is 0.253 e. The minimum Gasteiger partial charge on any atom is -0.497 e. The van der Waals surface area contributed by atoms with E-state index < -0.39 is 5.79 Å². The maximum absolute atomic E-state index is 13.3. The van der Waals surface area contributed by atoms with Crippen molar-refractivity contribution >= 4 is 5.91 Å². The van der Waals surface area contributed by atoms with Crippen molar-refractivity contribution in [2.75, 3.05) is 40.5 Å². The van der Waals surface area contributed by atoms with E-state index in [0.29, 0.717) is 31.9 Å². The first kappa shape index (κ1) is 25.0. The monoisotopic (exact) mass is 516 g/mol. The van der Waals surface area contributed by atoms with Crippen molar-refractivity contribution in [2.45, 2.75) is 50.7 Å². The first-order chi connectivity index (χ1) is 18.6.